The molecular formula is C20H16ClFN6. The molecule has 140 valence electrons. The minimum atomic E-state index is -0.407. The van der Waals surface area contributed by atoms with E-state index in [0.29, 0.717) is 39.4 Å². The highest BCUT2D eigenvalue weighted by molar-refractivity contribution is 6.30. The van der Waals surface area contributed by atoms with Crippen molar-refractivity contribution >= 4 is 40.1 Å². The molecule has 0 atom stereocenters. The second kappa shape index (κ2) is 7.36. The van der Waals surface area contributed by atoms with Gasteiger partial charge in [0.05, 0.1) is 11.4 Å². The van der Waals surface area contributed by atoms with Crippen molar-refractivity contribution in [3.63, 3.8) is 0 Å². The highest BCUT2D eigenvalue weighted by atomic mass is 35.5. The van der Waals surface area contributed by atoms with Crippen molar-refractivity contribution in [3.8, 4) is 11.3 Å². The average Bonchev–Trinajstić information content (AvgIpc) is 2.70. The second-order valence-corrected chi connectivity index (χ2v) is 6.75. The maximum absolute atomic E-state index is 14.4. The van der Waals surface area contributed by atoms with Crippen molar-refractivity contribution in [1.82, 2.24) is 19.9 Å². The molecule has 1 N–H and O–H groups in total. The number of anilines is 3. The lowest BCUT2D eigenvalue weighted by molar-refractivity contribution is 0.631. The van der Waals surface area contributed by atoms with E-state index in [1.165, 1.54) is 12.1 Å². The first-order valence-corrected chi connectivity index (χ1v) is 8.87. The Hall–Kier alpha value is -3.32. The van der Waals surface area contributed by atoms with Gasteiger partial charge < -0.3 is 10.2 Å². The third-order valence-electron chi connectivity index (χ3n) is 4.09. The molecule has 3 aromatic heterocycles. The van der Waals surface area contributed by atoms with Gasteiger partial charge in [0.15, 0.2) is 5.65 Å². The standard InChI is InChI=1S/C20H16ClFN6/c1-28(2)20-24-9-7-18(27-20)25-16-11-17(14-10-12(21)5-6-15(14)22)26-19-13(16)4-3-8-23-19/h3-11H,1-2H3,(H,23,24,25,26,27). The lowest BCUT2D eigenvalue weighted by Gasteiger charge is -2.14. The molecule has 0 saturated heterocycles. The number of halogens is 2. The number of nitrogens with one attached hydrogen (secondary N) is 1. The summed E-state index contributed by atoms with van der Waals surface area (Å²) in [7, 11) is 3.73. The molecule has 8 heteroatoms. The molecule has 6 nitrogen and oxygen atoms in total. The molecular weight excluding hydrogens is 379 g/mol. The van der Waals surface area contributed by atoms with Crippen LogP contribution in [0.4, 0.5) is 21.8 Å². The van der Waals surface area contributed by atoms with Crippen LogP contribution in [0, 0.1) is 5.82 Å². The van der Waals surface area contributed by atoms with E-state index in [0.717, 1.165) is 5.39 Å². The minimum Gasteiger partial charge on any atom is -0.347 e. The number of benzene rings is 1. The van der Waals surface area contributed by atoms with Crippen molar-refractivity contribution in [2.45, 2.75) is 0 Å². The second-order valence-electron chi connectivity index (χ2n) is 6.32. The van der Waals surface area contributed by atoms with Crippen LogP contribution in [-0.2, 0) is 0 Å². The molecule has 0 amide bonds. The molecule has 4 aromatic rings. The summed E-state index contributed by atoms with van der Waals surface area (Å²) in [6.07, 6.45) is 3.32. The van der Waals surface area contributed by atoms with Crippen LogP contribution >= 0.6 is 11.6 Å². The first kappa shape index (κ1) is 18.1. The monoisotopic (exact) mass is 394 g/mol. The number of nitrogens with zero attached hydrogens (tertiary/aromatic N) is 5. The van der Waals surface area contributed by atoms with Gasteiger partial charge in [-0.15, -0.1) is 0 Å². The maximum atomic E-state index is 14.4. The van der Waals surface area contributed by atoms with E-state index in [1.807, 2.05) is 31.1 Å². The average molecular weight is 395 g/mol. The van der Waals surface area contributed by atoms with Crippen molar-refractivity contribution in [1.29, 1.82) is 0 Å². The summed E-state index contributed by atoms with van der Waals surface area (Å²) in [5, 5.41) is 4.49. The van der Waals surface area contributed by atoms with Crippen LogP contribution in [-0.4, -0.2) is 34.0 Å². The summed E-state index contributed by atoms with van der Waals surface area (Å²) in [6.45, 7) is 0. The van der Waals surface area contributed by atoms with Gasteiger partial charge in [-0.2, -0.15) is 4.98 Å². The van der Waals surface area contributed by atoms with Gasteiger partial charge in [0.1, 0.15) is 11.6 Å². The Morgan fingerprint density at radius 1 is 1.00 bits per heavy atom. The van der Waals surface area contributed by atoms with Crippen molar-refractivity contribution < 1.29 is 4.39 Å². The molecule has 0 saturated carbocycles. The molecule has 0 unspecified atom stereocenters. The van der Waals surface area contributed by atoms with Gasteiger partial charge in [0.2, 0.25) is 5.95 Å². The van der Waals surface area contributed by atoms with E-state index in [9.17, 15) is 4.39 Å². The minimum absolute atomic E-state index is 0.305. The molecule has 0 fully saturated rings. The van der Waals surface area contributed by atoms with Gasteiger partial charge in [-0.05, 0) is 42.5 Å². The van der Waals surface area contributed by atoms with Crippen LogP contribution < -0.4 is 10.2 Å². The molecule has 0 aliphatic rings. The summed E-state index contributed by atoms with van der Waals surface area (Å²) in [4.78, 5) is 19.3. The lowest BCUT2D eigenvalue weighted by Crippen LogP contribution is -2.13. The van der Waals surface area contributed by atoms with Gasteiger partial charge in [0.25, 0.3) is 0 Å². The molecule has 28 heavy (non-hydrogen) atoms. The third-order valence-corrected chi connectivity index (χ3v) is 4.33. The summed E-state index contributed by atoms with van der Waals surface area (Å²) in [5.41, 5.74) is 1.93. The van der Waals surface area contributed by atoms with Crippen LogP contribution in [0.3, 0.4) is 0 Å². The SMILES string of the molecule is CN(C)c1nccc(Nc2cc(-c3cc(Cl)ccc3F)nc3ncccc23)n1. The molecule has 0 radical (unpaired) electrons. The van der Waals surface area contributed by atoms with E-state index in [2.05, 4.69) is 25.3 Å². The van der Waals surface area contributed by atoms with Gasteiger partial charge in [0, 0.05) is 42.5 Å². The van der Waals surface area contributed by atoms with Crippen molar-refractivity contribution in [2.75, 3.05) is 24.3 Å². The fourth-order valence-corrected chi connectivity index (χ4v) is 2.94. The zero-order chi connectivity index (χ0) is 19.7. The Morgan fingerprint density at radius 2 is 1.86 bits per heavy atom. The Labute approximate surface area is 166 Å². The quantitative estimate of drug-likeness (QED) is 0.541. The number of rotatable bonds is 4. The molecule has 0 bridgehead atoms. The Morgan fingerprint density at radius 3 is 2.68 bits per heavy atom. The van der Waals surface area contributed by atoms with Crippen LogP contribution in [0.2, 0.25) is 5.02 Å². The summed E-state index contributed by atoms with van der Waals surface area (Å²) in [5.74, 6) is 0.769. The van der Waals surface area contributed by atoms with Crippen LogP contribution in [0.1, 0.15) is 0 Å². The number of pyridine rings is 2. The maximum Gasteiger partial charge on any atom is 0.226 e. The van der Waals surface area contributed by atoms with Crippen LogP contribution in [0.15, 0.2) is 54.9 Å². The first-order chi connectivity index (χ1) is 13.5. The van der Waals surface area contributed by atoms with Gasteiger partial charge in [-0.1, -0.05) is 11.6 Å². The van der Waals surface area contributed by atoms with Crippen LogP contribution in [0.25, 0.3) is 22.3 Å². The van der Waals surface area contributed by atoms with E-state index in [4.69, 9.17) is 11.6 Å². The number of fused-ring (bicyclic) bond motifs is 1. The van der Waals surface area contributed by atoms with Gasteiger partial charge in [-0.3, -0.25) is 0 Å². The summed E-state index contributed by atoms with van der Waals surface area (Å²) in [6, 6.07) is 11.6. The van der Waals surface area contributed by atoms with E-state index in [-0.39, 0.29) is 0 Å². The molecule has 0 spiro atoms. The normalized spacial score (nSPS) is 10.9. The largest absolute Gasteiger partial charge is 0.347 e. The zero-order valence-electron chi connectivity index (χ0n) is 15.2. The Balaban J connectivity index is 1.85. The van der Waals surface area contributed by atoms with Crippen molar-refractivity contribution in [2.24, 2.45) is 0 Å². The molecule has 3 heterocycles. The summed E-state index contributed by atoms with van der Waals surface area (Å²) < 4.78 is 14.4. The topological polar surface area (TPSA) is 66.8 Å². The predicted molar refractivity (Wildman–Crippen MR) is 110 cm³/mol. The van der Waals surface area contributed by atoms with Gasteiger partial charge in [-0.25, -0.2) is 19.3 Å². The number of aromatic nitrogens is 4. The van der Waals surface area contributed by atoms with E-state index >= 15 is 0 Å². The van der Waals surface area contributed by atoms with Crippen LogP contribution in [0.5, 0.6) is 0 Å². The van der Waals surface area contributed by atoms with E-state index in [1.54, 1.807) is 30.6 Å². The molecule has 0 aliphatic carbocycles. The fourth-order valence-electron chi connectivity index (χ4n) is 2.76. The first-order valence-electron chi connectivity index (χ1n) is 8.50. The fraction of sp³-hybridized carbons (Fsp3) is 0.100. The Bertz CT molecular complexity index is 1160. The smallest absolute Gasteiger partial charge is 0.226 e. The van der Waals surface area contributed by atoms with Gasteiger partial charge >= 0.3 is 0 Å². The Kier molecular flexibility index (Phi) is 4.75. The lowest BCUT2D eigenvalue weighted by atomic mass is 10.1. The third kappa shape index (κ3) is 3.57. The predicted octanol–water partition coefficient (Wildman–Crippen LogP) is 4.69. The number of hydrogen-bond acceptors (Lipinski definition) is 6. The zero-order valence-corrected chi connectivity index (χ0v) is 15.9. The highest BCUT2D eigenvalue weighted by Gasteiger charge is 2.13. The number of hydrogen-bond donors (Lipinski definition) is 1. The molecule has 4 rings (SSSR count). The molecule has 1 aromatic carbocycles. The summed E-state index contributed by atoms with van der Waals surface area (Å²) >= 11 is 6.05. The van der Waals surface area contributed by atoms with Crippen molar-refractivity contribution in [3.05, 3.63) is 65.7 Å². The molecule has 0 aliphatic heterocycles. The highest BCUT2D eigenvalue weighted by Crippen LogP contribution is 2.31. The van der Waals surface area contributed by atoms with E-state index < -0.39 is 5.82 Å².